The van der Waals surface area contributed by atoms with Gasteiger partial charge in [-0.3, -0.25) is 0 Å². The Morgan fingerprint density at radius 1 is 1.40 bits per heavy atom. The molecule has 1 aliphatic rings. The Bertz CT molecular complexity index is 251. The van der Waals surface area contributed by atoms with Gasteiger partial charge in [-0.1, -0.05) is 6.92 Å². The summed E-state index contributed by atoms with van der Waals surface area (Å²) in [7, 11) is 0. The molecule has 0 aromatic carbocycles. The highest BCUT2D eigenvalue weighted by Gasteiger charge is 2.47. The van der Waals surface area contributed by atoms with Gasteiger partial charge in [0.15, 0.2) is 6.29 Å². The van der Waals surface area contributed by atoms with Crippen LogP contribution in [0, 0.1) is 5.41 Å². The van der Waals surface area contributed by atoms with Crippen LogP contribution in [0.4, 0.5) is 4.79 Å². The van der Waals surface area contributed by atoms with Crippen molar-refractivity contribution in [2.75, 3.05) is 13.1 Å². The number of nitrogens with zero attached hydrogens (tertiary/aromatic N) is 1. The first-order valence-electron chi connectivity index (χ1n) is 4.98. The summed E-state index contributed by atoms with van der Waals surface area (Å²) in [4.78, 5) is 13.0. The standard InChI is InChI=1S/C10H19NO4/c1-9(2,3)15-8(14)11-5-10(4,6-11)7(12)13/h7,12-13H,5-6H2,1-4H3. The summed E-state index contributed by atoms with van der Waals surface area (Å²) in [6.07, 6.45) is -1.79. The Morgan fingerprint density at radius 3 is 2.20 bits per heavy atom. The maximum Gasteiger partial charge on any atom is 0.410 e. The third-order valence-electron chi connectivity index (χ3n) is 2.38. The molecule has 0 radical (unpaired) electrons. The van der Waals surface area contributed by atoms with Gasteiger partial charge in [0.2, 0.25) is 0 Å². The summed E-state index contributed by atoms with van der Waals surface area (Å²) >= 11 is 0. The van der Waals surface area contributed by atoms with Crippen molar-refractivity contribution in [2.24, 2.45) is 5.41 Å². The molecule has 0 bridgehead atoms. The van der Waals surface area contributed by atoms with Gasteiger partial charge in [-0.05, 0) is 20.8 Å². The zero-order chi connectivity index (χ0) is 11.9. The minimum atomic E-state index is -1.39. The molecule has 0 spiro atoms. The van der Waals surface area contributed by atoms with Crippen molar-refractivity contribution in [3.8, 4) is 0 Å². The molecule has 0 aromatic heterocycles. The lowest BCUT2D eigenvalue weighted by Crippen LogP contribution is -2.62. The van der Waals surface area contributed by atoms with Crippen molar-refractivity contribution in [3.63, 3.8) is 0 Å². The van der Waals surface area contributed by atoms with Gasteiger partial charge in [-0.25, -0.2) is 4.79 Å². The number of rotatable bonds is 1. The van der Waals surface area contributed by atoms with Crippen LogP contribution in [0.15, 0.2) is 0 Å². The highest BCUT2D eigenvalue weighted by Crippen LogP contribution is 2.33. The Labute approximate surface area is 89.6 Å². The molecule has 1 saturated heterocycles. The van der Waals surface area contributed by atoms with Gasteiger partial charge in [0.1, 0.15) is 5.60 Å². The largest absolute Gasteiger partial charge is 0.444 e. The van der Waals surface area contributed by atoms with E-state index in [2.05, 4.69) is 0 Å². The fourth-order valence-electron chi connectivity index (χ4n) is 1.44. The van der Waals surface area contributed by atoms with E-state index in [1.54, 1.807) is 27.7 Å². The summed E-state index contributed by atoms with van der Waals surface area (Å²) in [5, 5.41) is 18.1. The third-order valence-corrected chi connectivity index (χ3v) is 2.38. The zero-order valence-corrected chi connectivity index (χ0v) is 9.65. The van der Waals surface area contributed by atoms with E-state index in [9.17, 15) is 4.79 Å². The number of hydrogen-bond donors (Lipinski definition) is 2. The second-order valence-electron chi connectivity index (χ2n) is 5.36. The van der Waals surface area contributed by atoms with Crippen LogP contribution in [-0.2, 0) is 4.74 Å². The van der Waals surface area contributed by atoms with Gasteiger partial charge in [-0.2, -0.15) is 0 Å². The fraction of sp³-hybridized carbons (Fsp3) is 0.900. The molecule has 1 aliphatic heterocycles. The summed E-state index contributed by atoms with van der Waals surface area (Å²) in [6, 6.07) is 0. The third kappa shape index (κ3) is 2.82. The molecule has 88 valence electrons. The van der Waals surface area contributed by atoms with Crippen LogP contribution < -0.4 is 0 Å². The highest BCUT2D eigenvalue weighted by atomic mass is 16.6. The molecule has 0 aromatic rings. The maximum atomic E-state index is 11.5. The average Bonchev–Trinajstić information content (AvgIpc) is 1.94. The maximum absolute atomic E-state index is 11.5. The molecule has 15 heavy (non-hydrogen) atoms. The number of amides is 1. The summed E-state index contributed by atoms with van der Waals surface area (Å²) in [6.45, 7) is 7.75. The van der Waals surface area contributed by atoms with Crippen molar-refractivity contribution in [2.45, 2.75) is 39.6 Å². The molecule has 0 atom stereocenters. The van der Waals surface area contributed by atoms with E-state index < -0.39 is 23.4 Å². The predicted octanol–water partition coefficient (Wildman–Crippen LogP) is 0.554. The molecule has 2 N–H and O–H groups in total. The van der Waals surface area contributed by atoms with Gasteiger partial charge in [-0.15, -0.1) is 0 Å². The first-order chi connectivity index (χ1) is 6.64. The van der Waals surface area contributed by atoms with Crippen molar-refractivity contribution >= 4 is 6.09 Å². The summed E-state index contributed by atoms with van der Waals surface area (Å²) < 4.78 is 5.14. The highest BCUT2D eigenvalue weighted by molar-refractivity contribution is 5.69. The predicted molar refractivity (Wildman–Crippen MR) is 54.1 cm³/mol. The van der Waals surface area contributed by atoms with Crippen molar-refractivity contribution in [1.82, 2.24) is 4.90 Å². The molecule has 0 unspecified atom stereocenters. The minimum Gasteiger partial charge on any atom is -0.444 e. The molecule has 1 fully saturated rings. The number of aliphatic hydroxyl groups excluding tert-OH is 1. The monoisotopic (exact) mass is 217 g/mol. The first kappa shape index (κ1) is 12.3. The minimum absolute atomic E-state index is 0.319. The molecule has 5 heteroatoms. The van der Waals surface area contributed by atoms with Crippen LogP contribution >= 0.6 is 0 Å². The SMILES string of the molecule is CC(C)(C)OC(=O)N1CC(C)(C(O)O)C1. The Hall–Kier alpha value is -0.810. The number of hydrogen-bond acceptors (Lipinski definition) is 4. The lowest BCUT2D eigenvalue weighted by Gasteiger charge is -2.48. The van der Waals surface area contributed by atoms with Crippen LogP contribution in [-0.4, -0.2) is 46.2 Å². The molecular formula is C10H19NO4. The van der Waals surface area contributed by atoms with E-state index in [1.165, 1.54) is 4.90 Å². The number of carbonyl (C=O) groups excluding carboxylic acids is 1. The van der Waals surface area contributed by atoms with E-state index in [1.807, 2.05) is 0 Å². The number of likely N-dealkylation sites (tertiary alicyclic amines) is 1. The van der Waals surface area contributed by atoms with Crippen LogP contribution in [0.25, 0.3) is 0 Å². The van der Waals surface area contributed by atoms with Gasteiger partial charge >= 0.3 is 6.09 Å². The molecule has 1 amide bonds. The Balaban J connectivity index is 2.42. The van der Waals surface area contributed by atoms with E-state index in [-0.39, 0.29) is 0 Å². The number of ether oxygens (including phenoxy) is 1. The molecular weight excluding hydrogens is 198 g/mol. The topological polar surface area (TPSA) is 70.0 Å². The second-order valence-corrected chi connectivity index (χ2v) is 5.36. The molecule has 1 heterocycles. The van der Waals surface area contributed by atoms with Crippen molar-refractivity contribution in [3.05, 3.63) is 0 Å². The van der Waals surface area contributed by atoms with E-state index >= 15 is 0 Å². The van der Waals surface area contributed by atoms with Gasteiger partial charge in [0.05, 0.1) is 5.41 Å². The smallest absolute Gasteiger partial charge is 0.410 e. The van der Waals surface area contributed by atoms with Crippen LogP contribution in [0.5, 0.6) is 0 Å². The quantitative estimate of drug-likeness (QED) is 0.629. The Morgan fingerprint density at radius 2 is 1.87 bits per heavy atom. The van der Waals surface area contributed by atoms with Crippen LogP contribution in [0.2, 0.25) is 0 Å². The average molecular weight is 217 g/mol. The van der Waals surface area contributed by atoms with E-state index in [0.29, 0.717) is 13.1 Å². The van der Waals surface area contributed by atoms with Crippen molar-refractivity contribution in [1.29, 1.82) is 0 Å². The van der Waals surface area contributed by atoms with Gasteiger partial charge < -0.3 is 19.8 Å². The Kier molecular flexibility index (Phi) is 2.98. The lowest BCUT2D eigenvalue weighted by molar-refractivity contribution is -0.178. The molecule has 5 nitrogen and oxygen atoms in total. The lowest BCUT2D eigenvalue weighted by atomic mass is 9.81. The second kappa shape index (κ2) is 3.64. The van der Waals surface area contributed by atoms with Crippen LogP contribution in [0.1, 0.15) is 27.7 Å². The number of carbonyl (C=O) groups is 1. The molecule has 0 aliphatic carbocycles. The van der Waals surface area contributed by atoms with Crippen molar-refractivity contribution < 1.29 is 19.7 Å². The first-order valence-corrected chi connectivity index (χ1v) is 4.98. The summed E-state index contributed by atoms with van der Waals surface area (Å²) in [5.41, 5.74) is -1.13. The normalized spacial score (nSPS) is 20.1. The van der Waals surface area contributed by atoms with E-state index in [4.69, 9.17) is 14.9 Å². The summed E-state index contributed by atoms with van der Waals surface area (Å²) in [5.74, 6) is 0. The van der Waals surface area contributed by atoms with E-state index in [0.717, 1.165) is 0 Å². The number of aliphatic hydroxyl groups is 2. The molecule has 0 saturated carbocycles. The van der Waals surface area contributed by atoms with Crippen LogP contribution in [0.3, 0.4) is 0 Å². The van der Waals surface area contributed by atoms with Gasteiger partial charge in [0.25, 0.3) is 0 Å². The zero-order valence-electron chi connectivity index (χ0n) is 9.65. The fourth-order valence-corrected chi connectivity index (χ4v) is 1.44. The molecule has 1 rings (SSSR count). The van der Waals surface area contributed by atoms with Gasteiger partial charge in [0, 0.05) is 13.1 Å².